The number of hydrogen-bond donors (Lipinski definition) is 4. The van der Waals surface area contributed by atoms with Gasteiger partial charge in [0.1, 0.15) is 29.3 Å². The van der Waals surface area contributed by atoms with Crippen LogP contribution in [0.15, 0.2) is 30.5 Å². The second-order valence-corrected chi connectivity index (χ2v) is 15.7. The number of carbonyl (C=O) groups is 3. The van der Waals surface area contributed by atoms with E-state index in [-0.39, 0.29) is 52.5 Å². The molecular weight excluding hydrogens is 662 g/mol. The molecule has 276 valence electrons. The number of esters is 2. The third kappa shape index (κ3) is 6.00. The van der Waals surface area contributed by atoms with Crippen molar-refractivity contribution in [2.24, 2.45) is 23.7 Å². The van der Waals surface area contributed by atoms with E-state index < -0.39 is 29.1 Å². The molecule has 1 aromatic carbocycles. The van der Waals surface area contributed by atoms with Crippen molar-refractivity contribution in [2.75, 3.05) is 0 Å². The van der Waals surface area contributed by atoms with E-state index in [4.69, 9.17) is 25.8 Å². The van der Waals surface area contributed by atoms with Gasteiger partial charge in [0.05, 0.1) is 12.1 Å². The number of aromatic nitrogens is 3. The lowest BCUT2D eigenvalue weighted by molar-refractivity contribution is -0.176. The summed E-state index contributed by atoms with van der Waals surface area (Å²) in [5.41, 5.74) is 6.35. The Kier molecular flexibility index (Phi) is 9.31. The molecule has 4 heterocycles. The first-order chi connectivity index (χ1) is 24.9. The zero-order chi connectivity index (χ0) is 36.9. The van der Waals surface area contributed by atoms with E-state index in [1.165, 1.54) is 4.52 Å². The third-order valence-electron chi connectivity index (χ3n) is 11.9. The van der Waals surface area contributed by atoms with Crippen LogP contribution in [0, 0.1) is 44.1 Å². The Morgan fingerprint density at radius 2 is 1.85 bits per heavy atom. The van der Waals surface area contributed by atoms with Crippen LogP contribution in [0.25, 0.3) is 10.5 Å². The lowest BCUT2D eigenvalue weighted by Gasteiger charge is -2.59. The van der Waals surface area contributed by atoms with Crippen LogP contribution in [-0.2, 0) is 20.7 Å². The lowest BCUT2D eigenvalue weighted by atomic mass is 9.60. The number of fused-ring (bicyclic) bond motifs is 1. The average Bonchev–Trinajstić information content (AvgIpc) is 3.84. The second kappa shape index (κ2) is 13.6. The van der Waals surface area contributed by atoms with Crippen LogP contribution < -0.4 is 25.6 Å². The number of carbonyl (C=O) groups excluding carboxylic acids is 3. The van der Waals surface area contributed by atoms with Crippen LogP contribution in [0.3, 0.4) is 0 Å². The predicted octanol–water partition coefficient (Wildman–Crippen LogP) is 5.78. The molecule has 2 aromatic heterocycles. The highest BCUT2D eigenvalue weighted by Crippen LogP contribution is 2.50. The highest BCUT2D eigenvalue weighted by Gasteiger charge is 2.67. The molecule has 1 amide bonds. The van der Waals surface area contributed by atoms with Crippen molar-refractivity contribution in [1.29, 1.82) is 0 Å². The van der Waals surface area contributed by atoms with E-state index in [9.17, 15) is 14.4 Å². The molecule has 3 fully saturated rings. The molecule has 7 rings (SSSR count). The van der Waals surface area contributed by atoms with Gasteiger partial charge in [-0.3, -0.25) is 9.89 Å². The van der Waals surface area contributed by atoms with Crippen molar-refractivity contribution < 1.29 is 28.6 Å². The first-order valence-electron chi connectivity index (χ1n) is 18.6. The molecule has 4 N–H and O–H groups in total. The monoisotopic (exact) mass is 711 g/mol. The van der Waals surface area contributed by atoms with Gasteiger partial charge in [-0.1, -0.05) is 45.4 Å². The SMILES string of the molecule is [C-]#[N+]c1c(C(=O)OC2C(C)CC(C)CC2C)c2nc(CC3CCC4(CC3)NC(=O)C4(CC)Oc3ccc(C)cc3C)[nH]n2c1OC(=O)C1C=CNN1. The molecule has 52 heavy (non-hydrogen) atoms. The molecule has 13 heteroatoms. The van der Waals surface area contributed by atoms with Crippen LogP contribution in [0.2, 0.25) is 0 Å². The molecule has 0 bridgehead atoms. The molecule has 2 aliphatic carbocycles. The van der Waals surface area contributed by atoms with Gasteiger partial charge in [-0.2, -0.15) is 0 Å². The first-order valence-corrected chi connectivity index (χ1v) is 18.6. The van der Waals surface area contributed by atoms with Crippen LogP contribution >= 0.6 is 0 Å². The Bertz CT molecular complexity index is 1950. The zero-order valence-electron chi connectivity index (χ0n) is 30.8. The summed E-state index contributed by atoms with van der Waals surface area (Å²) in [4.78, 5) is 48.8. The fraction of sp³-hybridized carbons (Fsp3) is 0.564. The summed E-state index contributed by atoms with van der Waals surface area (Å²) in [5, 5.41) is 6.48. The number of nitrogens with zero attached hydrogens (tertiary/aromatic N) is 3. The summed E-state index contributed by atoms with van der Waals surface area (Å²) in [5.74, 6) is 0.934. The van der Waals surface area contributed by atoms with Crippen LogP contribution in [0.5, 0.6) is 11.6 Å². The van der Waals surface area contributed by atoms with Crippen molar-refractivity contribution in [3.63, 3.8) is 0 Å². The minimum absolute atomic E-state index is 0.0116. The number of hydrazine groups is 1. The highest BCUT2D eigenvalue weighted by atomic mass is 16.6. The molecule has 4 unspecified atom stereocenters. The molecule has 2 aliphatic heterocycles. The Labute approximate surface area is 304 Å². The molecule has 2 saturated carbocycles. The summed E-state index contributed by atoms with van der Waals surface area (Å²) in [7, 11) is 0. The lowest BCUT2D eigenvalue weighted by Crippen LogP contribution is -2.84. The molecule has 3 aromatic rings. The molecule has 4 atom stereocenters. The minimum Gasteiger partial charge on any atom is -0.475 e. The number of aromatic amines is 1. The summed E-state index contributed by atoms with van der Waals surface area (Å²) in [6.07, 6.45) is 9.02. The maximum Gasteiger partial charge on any atom is 0.334 e. The van der Waals surface area contributed by atoms with Gasteiger partial charge >= 0.3 is 11.9 Å². The van der Waals surface area contributed by atoms with Gasteiger partial charge < -0.3 is 25.0 Å². The fourth-order valence-corrected chi connectivity index (χ4v) is 9.30. The standard InChI is InChI=1S/C39H49N7O6/c1-8-39(52-28-10-9-21(2)17-23(28)4)37(49)43-38(39)14-11-26(12-15-38)20-29-42-33-30(36(48)50-32-24(5)18-22(3)19-25(32)6)31(40-7)34(46(33)45-29)51-35(47)27-13-16-41-44-27/h9-10,13,16-17,22,24-27,32,41,44H,8,11-12,14-15,18-20H2,1-6H3,(H,42,45)(H,43,49). The largest absolute Gasteiger partial charge is 0.475 e. The van der Waals surface area contributed by atoms with Crippen molar-refractivity contribution >= 4 is 29.2 Å². The van der Waals surface area contributed by atoms with Crippen molar-refractivity contribution in [1.82, 2.24) is 30.8 Å². The van der Waals surface area contributed by atoms with Gasteiger partial charge in [0, 0.05) is 12.6 Å². The number of hydrogen-bond acceptors (Lipinski definition) is 9. The Balaban J connectivity index is 1.13. The maximum absolute atomic E-state index is 14.0. The van der Waals surface area contributed by atoms with E-state index in [1.807, 2.05) is 32.9 Å². The zero-order valence-corrected chi connectivity index (χ0v) is 30.8. The van der Waals surface area contributed by atoms with E-state index in [1.54, 1.807) is 12.3 Å². The van der Waals surface area contributed by atoms with E-state index in [0.29, 0.717) is 24.6 Å². The number of amides is 1. The molecular formula is C39H49N7O6. The van der Waals surface area contributed by atoms with Crippen molar-refractivity contribution in [2.45, 2.75) is 116 Å². The quantitative estimate of drug-likeness (QED) is 0.123. The number of ether oxygens (including phenoxy) is 3. The Morgan fingerprint density at radius 1 is 1.12 bits per heavy atom. The van der Waals surface area contributed by atoms with E-state index in [2.05, 4.69) is 52.9 Å². The fourth-order valence-electron chi connectivity index (χ4n) is 9.30. The number of nitrogens with one attached hydrogen (secondary N) is 4. The third-order valence-corrected chi connectivity index (χ3v) is 11.9. The number of benzene rings is 1. The summed E-state index contributed by atoms with van der Waals surface area (Å²) in [6.45, 7) is 20.5. The van der Waals surface area contributed by atoms with Crippen molar-refractivity contribution in [3.05, 3.63) is 64.4 Å². The van der Waals surface area contributed by atoms with Crippen LogP contribution in [-0.4, -0.2) is 55.7 Å². The number of rotatable bonds is 9. The maximum atomic E-state index is 14.0. The molecule has 1 spiro atoms. The average molecular weight is 712 g/mol. The summed E-state index contributed by atoms with van der Waals surface area (Å²) >= 11 is 0. The minimum atomic E-state index is -0.937. The summed E-state index contributed by atoms with van der Waals surface area (Å²) in [6, 6.07) is 5.26. The van der Waals surface area contributed by atoms with Gasteiger partial charge in [0.25, 0.3) is 11.6 Å². The molecule has 0 radical (unpaired) electrons. The number of β-lactam (4-membered cyclic amide) rings is 1. The summed E-state index contributed by atoms with van der Waals surface area (Å²) < 4.78 is 20.0. The number of aryl methyl sites for hydroxylation is 2. The number of H-pyrrole nitrogens is 1. The van der Waals surface area contributed by atoms with Crippen LogP contribution in [0.1, 0.15) is 99.9 Å². The van der Waals surface area contributed by atoms with Gasteiger partial charge in [0.15, 0.2) is 5.65 Å². The Hall–Kier alpha value is -4.83. The van der Waals surface area contributed by atoms with E-state index >= 15 is 0 Å². The van der Waals surface area contributed by atoms with Gasteiger partial charge in [-0.15, -0.1) is 0 Å². The highest BCUT2D eigenvalue weighted by molar-refractivity contribution is 6.05. The first kappa shape index (κ1) is 35.6. The van der Waals surface area contributed by atoms with Crippen molar-refractivity contribution in [3.8, 4) is 11.6 Å². The van der Waals surface area contributed by atoms with Gasteiger partial charge in [-0.25, -0.2) is 29.4 Å². The molecule has 1 saturated heterocycles. The topological polar surface area (TPSA) is 152 Å². The van der Waals surface area contributed by atoms with Gasteiger partial charge in [-0.05, 0) is 100 Å². The normalized spacial score (nSPS) is 31.1. The smallest absolute Gasteiger partial charge is 0.334 e. The Morgan fingerprint density at radius 3 is 2.46 bits per heavy atom. The molecule has 13 nitrogen and oxygen atoms in total. The predicted molar refractivity (Wildman–Crippen MR) is 193 cm³/mol. The van der Waals surface area contributed by atoms with E-state index in [0.717, 1.165) is 55.4 Å². The molecule has 4 aliphatic rings. The second-order valence-electron chi connectivity index (χ2n) is 15.7. The van der Waals surface area contributed by atoms with Crippen LogP contribution in [0.4, 0.5) is 5.69 Å². The van der Waals surface area contributed by atoms with Gasteiger partial charge in [0.2, 0.25) is 11.5 Å².